The van der Waals surface area contributed by atoms with Crippen molar-refractivity contribution in [2.75, 3.05) is 10.6 Å². The first-order valence-corrected chi connectivity index (χ1v) is 11.7. The third kappa shape index (κ3) is 6.19. The van der Waals surface area contributed by atoms with Crippen LogP contribution >= 0.6 is 11.3 Å². The zero-order valence-corrected chi connectivity index (χ0v) is 20.2. The molecule has 0 saturated heterocycles. The van der Waals surface area contributed by atoms with Gasteiger partial charge in [-0.05, 0) is 62.7 Å². The molecule has 0 aliphatic carbocycles. The van der Waals surface area contributed by atoms with Gasteiger partial charge in [0.15, 0.2) is 0 Å². The van der Waals surface area contributed by atoms with Gasteiger partial charge in [0.05, 0.1) is 6.04 Å². The van der Waals surface area contributed by atoms with Crippen LogP contribution in [0.4, 0.5) is 19.7 Å². The summed E-state index contributed by atoms with van der Waals surface area (Å²) in [4.78, 5) is 22.9. The standard InChI is InChI=1S/C26H24F2N4O2S/c1-15-13-16(2)30-26(29-15)31-22(18-9-11-20(12-10-18)34-25(27)28)21-14-17(3)35-24(21)32-23(33)19-7-5-4-6-8-19/h4-14,22,25H,1-3H3,(H,32,33)(H,29,30,31)/t22-/m0/s1. The summed E-state index contributed by atoms with van der Waals surface area (Å²) < 4.78 is 29.8. The Hall–Kier alpha value is -3.85. The summed E-state index contributed by atoms with van der Waals surface area (Å²) in [6, 6.07) is 18.7. The maximum Gasteiger partial charge on any atom is 0.387 e. The van der Waals surface area contributed by atoms with E-state index in [1.54, 1.807) is 36.4 Å². The van der Waals surface area contributed by atoms with Crippen LogP contribution in [0.25, 0.3) is 0 Å². The molecule has 0 saturated carbocycles. The summed E-state index contributed by atoms with van der Waals surface area (Å²) in [5, 5.41) is 7.06. The van der Waals surface area contributed by atoms with Crippen LogP contribution in [-0.4, -0.2) is 22.5 Å². The van der Waals surface area contributed by atoms with Gasteiger partial charge in [-0.25, -0.2) is 9.97 Å². The van der Waals surface area contributed by atoms with E-state index in [9.17, 15) is 13.6 Å². The van der Waals surface area contributed by atoms with Crippen LogP contribution < -0.4 is 15.4 Å². The van der Waals surface area contributed by atoms with Gasteiger partial charge in [-0.1, -0.05) is 30.3 Å². The highest BCUT2D eigenvalue weighted by atomic mass is 32.1. The second kappa shape index (κ2) is 10.6. The van der Waals surface area contributed by atoms with Crippen molar-refractivity contribution in [1.82, 2.24) is 9.97 Å². The van der Waals surface area contributed by atoms with Gasteiger partial charge in [0.2, 0.25) is 5.95 Å². The molecule has 1 atom stereocenters. The van der Waals surface area contributed by atoms with Crippen molar-refractivity contribution in [1.29, 1.82) is 0 Å². The lowest BCUT2D eigenvalue weighted by atomic mass is 10.00. The van der Waals surface area contributed by atoms with Crippen LogP contribution in [0, 0.1) is 20.8 Å². The molecule has 2 heterocycles. The van der Waals surface area contributed by atoms with Crippen LogP contribution in [0.15, 0.2) is 66.7 Å². The van der Waals surface area contributed by atoms with Crippen molar-refractivity contribution in [3.05, 3.63) is 99.7 Å². The molecular formula is C26H24F2N4O2S. The second-order valence-corrected chi connectivity index (χ2v) is 9.22. The van der Waals surface area contributed by atoms with E-state index in [4.69, 9.17) is 0 Å². The Balaban J connectivity index is 1.72. The van der Waals surface area contributed by atoms with Gasteiger partial charge in [-0.2, -0.15) is 8.78 Å². The minimum Gasteiger partial charge on any atom is -0.435 e. The average Bonchev–Trinajstić information content (AvgIpc) is 3.17. The first-order valence-electron chi connectivity index (χ1n) is 10.9. The number of ether oxygens (including phenoxy) is 1. The Labute approximate surface area is 206 Å². The molecule has 0 fully saturated rings. The van der Waals surface area contributed by atoms with Crippen molar-refractivity contribution in [3.8, 4) is 5.75 Å². The fourth-order valence-corrected chi connectivity index (χ4v) is 4.66. The molecule has 35 heavy (non-hydrogen) atoms. The van der Waals surface area contributed by atoms with E-state index in [1.807, 2.05) is 39.0 Å². The van der Waals surface area contributed by atoms with Crippen LogP contribution in [0.5, 0.6) is 5.75 Å². The van der Waals surface area contributed by atoms with Crippen LogP contribution in [0.1, 0.15) is 43.8 Å². The Morgan fingerprint density at radius 3 is 2.23 bits per heavy atom. The molecule has 0 radical (unpaired) electrons. The number of thiophene rings is 1. The maximum absolute atomic E-state index is 12.9. The SMILES string of the molecule is Cc1cc(C)nc(N[C@@H](c2ccc(OC(F)F)cc2)c2cc(C)sc2NC(=O)c2ccccc2)n1. The van der Waals surface area contributed by atoms with Gasteiger partial charge in [0, 0.05) is 27.4 Å². The normalized spacial score (nSPS) is 11.8. The highest BCUT2D eigenvalue weighted by Gasteiger charge is 2.23. The molecule has 2 aromatic carbocycles. The third-order valence-electron chi connectivity index (χ3n) is 5.15. The van der Waals surface area contributed by atoms with Gasteiger partial charge in [-0.3, -0.25) is 4.79 Å². The molecule has 0 unspecified atom stereocenters. The Morgan fingerprint density at radius 1 is 0.943 bits per heavy atom. The summed E-state index contributed by atoms with van der Waals surface area (Å²) in [7, 11) is 0. The van der Waals surface area contributed by atoms with E-state index in [1.165, 1.54) is 23.5 Å². The van der Waals surface area contributed by atoms with Gasteiger partial charge in [0.25, 0.3) is 5.91 Å². The number of benzene rings is 2. The van der Waals surface area contributed by atoms with E-state index >= 15 is 0 Å². The molecule has 4 rings (SSSR count). The fourth-order valence-electron chi connectivity index (χ4n) is 3.71. The number of nitrogens with zero attached hydrogens (tertiary/aromatic N) is 2. The lowest BCUT2D eigenvalue weighted by Crippen LogP contribution is -2.18. The number of aryl methyl sites for hydroxylation is 3. The molecule has 0 bridgehead atoms. The maximum atomic E-state index is 12.9. The number of hydrogen-bond acceptors (Lipinski definition) is 6. The summed E-state index contributed by atoms with van der Waals surface area (Å²) in [6.07, 6.45) is 0. The molecule has 0 spiro atoms. The van der Waals surface area contributed by atoms with E-state index in [0.29, 0.717) is 16.5 Å². The summed E-state index contributed by atoms with van der Waals surface area (Å²) in [5.41, 5.74) is 3.72. The Kier molecular flexibility index (Phi) is 7.36. The van der Waals surface area contributed by atoms with Crippen molar-refractivity contribution >= 4 is 28.2 Å². The van der Waals surface area contributed by atoms with E-state index in [0.717, 1.165) is 27.4 Å². The van der Waals surface area contributed by atoms with Crippen molar-refractivity contribution in [2.24, 2.45) is 0 Å². The molecule has 2 aromatic heterocycles. The third-order valence-corrected chi connectivity index (χ3v) is 6.13. The number of carbonyl (C=O) groups is 1. The minimum atomic E-state index is -2.90. The van der Waals surface area contributed by atoms with Crippen LogP contribution in [0.2, 0.25) is 0 Å². The van der Waals surface area contributed by atoms with Crippen molar-refractivity contribution in [2.45, 2.75) is 33.4 Å². The average molecular weight is 495 g/mol. The Bertz CT molecular complexity index is 1290. The quantitative estimate of drug-likeness (QED) is 0.292. The largest absolute Gasteiger partial charge is 0.435 e. The topological polar surface area (TPSA) is 76.1 Å². The first-order chi connectivity index (χ1) is 16.8. The lowest BCUT2D eigenvalue weighted by molar-refractivity contribution is -0.0498. The van der Waals surface area contributed by atoms with Crippen molar-refractivity contribution in [3.63, 3.8) is 0 Å². The van der Waals surface area contributed by atoms with Crippen molar-refractivity contribution < 1.29 is 18.3 Å². The number of halogens is 2. The molecule has 180 valence electrons. The molecule has 6 nitrogen and oxygen atoms in total. The number of aromatic nitrogens is 2. The number of amides is 1. The summed E-state index contributed by atoms with van der Waals surface area (Å²) in [5.74, 6) is 0.254. The fraction of sp³-hybridized carbons (Fsp3) is 0.192. The number of hydrogen-bond donors (Lipinski definition) is 2. The zero-order chi connectivity index (χ0) is 24.9. The lowest BCUT2D eigenvalue weighted by Gasteiger charge is -2.21. The highest BCUT2D eigenvalue weighted by Crippen LogP contribution is 2.38. The van der Waals surface area contributed by atoms with E-state index in [2.05, 4.69) is 25.3 Å². The van der Waals surface area contributed by atoms with E-state index < -0.39 is 12.7 Å². The molecule has 2 N–H and O–H groups in total. The van der Waals surface area contributed by atoms with Crippen LogP contribution in [0.3, 0.4) is 0 Å². The number of anilines is 2. The predicted molar refractivity (Wildman–Crippen MR) is 133 cm³/mol. The van der Waals surface area contributed by atoms with Gasteiger partial charge in [-0.15, -0.1) is 11.3 Å². The van der Waals surface area contributed by atoms with Gasteiger partial charge in [0.1, 0.15) is 10.8 Å². The number of nitrogens with one attached hydrogen (secondary N) is 2. The predicted octanol–water partition coefficient (Wildman–Crippen LogP) is 6.52. The highest BCUT2D eigenvalue weighted by molar-refractivity contribution is 7.16. The summed E-state index contributed by atoms with van der Waals surface area (Å²) in [6.45, 7) is 2.81. The summed E-state index contributed by atoms with van der Waals surface area (Å²) >= 11 is 1.45. The first kappa shape index (κ1) is 24.3. The van der Waals surface area contributed by atoms with Gasteiger partial charge < -0.3 is 15.4 Å². The molecule has 4 aromatic rings. The minimum absolute atomic E-state index is 0.0595. The molecule has 1 amide bonds. The molecule has 0 aliphatic heterocycles. The smallest absolute Gasteiger partial charge is 0.387 e. The monoisotopic (exact) mass is 494 g/mol. The molecular weight excluding hydrogens is 470 g/mol. The molecule has 0 aliphatic rings. The molecule has 9 heteroatoms. The number of rotatable bonds is 8. The number of carbonyl (C=O) groups excluding carboxylic acids is 1. The number of alkyl halides is 2. The van der Waals surface area contributed by atoms with E-state index in [-0.39, 0.29) is 11.7 Å². The zero-order valence-electron chi connectivity index (χ0n) is 19.4. The second-order valence-electron chi connectivity index (χ2n) is 7.96. The van der Waals surface area contributed by atoms with Gasteiger partial charge >= 0.3 is 6.61 Å². The Morgan fingerprint density at radius 2 is 1.60 bits per heavy atom. The van der Waals surface area contributed by atoms with Crippen LogP contribution in [-0.2, 0) is 0 Å².